The summed E-state index contributed by atoms with van der Waals surface area (Å²) < 4.78 is 6.91. The molecule has 0 N–H and O–H groups in total. The van der Waals surface area contributed by atoms with Gasteiger partial charge in [0.25, 0.3) is 0 Å². The molecule has 0 radical (unpaired) electrons. The number of para-hydroxylation sites is 1. The molecule has 4 rings (SSSR count). The molecular formula is C16H18N8O. The van der Waals surface area contributed by atoms with Gasteiger partial charge in [-0.2, -0.15) is 9.67 Å². The Morgan fingerprint density at radius 1 is 0.960 bits per heavy atom. The fraction of sp³-hybridized carbons (Fsp3) is 0.312. The number of nitrogens with zero attached hydrogens (tertiary/aromatic N) is 8. The lowest BCUT2D eigenvalue weighted by Crippen LogP contribution is -2.47. The van der Waals surface area contributed by atoms with Gasteiger partial charge in [-0.1, -0.05) is 23.3 Å². The Morgan fingerprint density at radius 3 is 2.48 bits per heavy atom. The average molecular weight is 338 g/mol. The van der Waals surface area contributed by atoms with Gasteiger partial charge in [0.15, 0.2) is 5.82 Å². The number of aromatic nitrogens is 6. The van der Waals surface area contributed by atoms with Crippen LogP contribution in [-0.2, 0) is 0 Å². The first kappa shape index (κ1) is 15.3. The van der Waals surface area contributed by atoms with Gasteiger partial charge in [-0.15, -0.1) is 0 Å². The van der Waals surface area contributed by atoms with Crippen LogP contribution in [0.25, 0.3) is 5.69 Å². The zero-order chi connectivity index (χ0) is 17.1. The molecule has 25 heavy (non-hydrogen) atoms. The largest absolute Gasteiger partial charge is 0.480 e. The quantitative estimate of drug-likeness (QED) is 0.690. The van der Waals surface area contributed by atoms with Crippen LogP contribution in [-0.4, -0.2) is 63.5 Å². The molecular weight excluding hydrogens is 320 g/mol. The molecule has 9 heteroatoms. The molecule has 1 aromatic carbocycles. The van der Waals surface area contributed by atoms with E-state index < -0.39 is 0 Å². The van der Waals surface area contributed by atoms with Gasteiger partial charge in [-0.25, -0.2) is 0 Å². The third-order valence-corrected chi connectivity index (χ3v) is 4.15. The molecule has 0 saturated carbocycles. The summed E-state index contributed by atoms with van der Waals surface area (Å²) in [5.41, 5.74) is 0.948. The summed E-state index contributed by atoms with van der Waals surface area (Å²) in [6, 6.07) is 9.89. The van der Waals surface area contributed by atoms with E-state index in [4.69, 9.17) is 4.74 Å². The van der Waals surface area contributed by atoms with Crippen LogP contribution >= 0.6 is 0 Å². The van der Waals surface area contributed by atoms with E-state index in [2.05, 4.69) is 35.3 Å². The van der Waals surface area contributed by atoms with Crippen LogP contribution in [0.5, 0.6) is 5.88 Å². The van der Waals surface area contributed by atoms with Crippen LogP contribution in [0.15, 0.2) is 42.7 Å². The third-order valence-electron chi connectivity index (χ3n) is 4.15. The summed E-state index contributed by atoms with van der Waals surface area (Å²) in [6.07, 6.45) is 3.36. The highest BCUT2D eigenvalue weighted by Gasteiger charge is 2.23. The highest BCUT2D eigenvalue weighted by Crippen LogP contribution is 2.20. The normalized spacial score (nSPS) is 14.6. The van der Waals surface area contributed by atoms with Crippen molar-refractivity contribution in [3.05, 3.63) is 42.7 Å². The van der Waals surface area contributed by atoms with Crippen LogP contribution < -0.4 is 14.5 Å². The van der Waals surface area contributed by atoms with Crippen molar-refractivity contribution in [3.8, 4) is 11.6 Å². The van der Waals surface area contributed by atoms with E-state index in [1.807, 2.05) is 30.3 Å². The first-order valence-corrected chi connectivity index (χ1v) is 8.05. The third kappa shape index (κ3) is 3.08. The maximum absolute atomic E-state index is 5.15. The van der Waals surface area contributed by atoms with Crippen molar-refractivity contribution >= 4 is 11.8 Å². The molecule has 9 nitrogen and oxygen atoms in total. The summed E-state index contributed by atoms with van der Waals surface area (Å²) >= 11 is 0. The van der Waals surface area contributed by atoms with Gasteiger partial charge in [0.2, 0.25) is 11.8 Å². The van der Waals surface area contributed by atoms with Gasteiger partial charge in [0.1, 0.15) is 0 Å². The van der Waals surface area contributed by atoms with Crippen molar-refractivity contribution in [2.45, 2.75) is 0 Å². The van der Waals surface area contributed by atoms with Crippen molar-refractivity contribution in [1.29, 1.82) is 0 Å². The highest BCUT2D eigenvalue weighted by atomic mass is 16.5. The van der Waals surface area contributed by atoms with Gasteiger partial charge < -0.3 is 14.5 Å². The van der Waals surface area contributed by atoms with E-state index in [-0.39, 0.29) is 0 Å². The number of ether oxygens (including phenoxy) is 1. The van der Waals surface area contributed by atoms with E-state index in [9.17, 15) is 0 Å². The number of hydrogen-bond acceptors (Lipinski definition) is 8. The molecule has 0 spiro atoms. The lowest BCUT2D eigenvalue weighted by atomic mass is 10.3. The van der Waals surface area contributed by atoms with Gasteiger partial charge >= 0.3 is 0 Å². The van der Waals surface area contributed by atoms with E-state index in [0.717, 1.165) is 43.6 Å². The molecule has 1 aliphatic rings. The average Bonchev–Trinajstić information content (AvgIpc) is 3.19. The fourth-order valence-corrected chi connectivity index (χ4v) is 2.84. The van der Waals surface area contributed by atoms with Gasteiger partial charge in [-0.3, -0.25) is 4.98 Å². The smallest absolute Gasteiger partial charge is 0.250 e. The summed E-state index contributed by atoms with van der Waals surface area (Å²) in [5.74, 6) is 2.09. The van der Waals surface area contributed by atoms with Crippen LogP contribution in [0.4, 0.5) is 11.8 Å². The molecule has 0 bridgehead atoms. The Hall–Kier alpha value is -3.23. The minimum Gasteiger partial charge on any atom is -0.480 e. The Labute approximate surface area is 144 Å². The van der Waals surface area contributed by atoms with Crippen LogP contribution in [0.2, 0.25) is 0 Å². The Kier molecular flexibility index (Phi) is 4.11. The molecule has 128 valence electrons. The standard InChI is InChI=1S/C16H18N8O/c1-25-15-12-17-11-14(18-15)22-7-9-23(10-8-22)16-19-20-21-24(16)13-5-3-2-4-6-13/h2-6,11-12H,7-10H2,1H3. The number of benzene rings is 1. The van der Waals surface area contributed by atoms with Crippen LogP contribution in [0, 0.1) is 0 Å². The van der Waals surface area contributed by atoms with E-state index >= 15 is 0 Å². The molecule has 1 fully saturated rings. The number of tetrazole rings is 1. The second kappa shape index (κ2) is 6.71. The molecule has 0 aliphatic carbocycles. The van der Waals surface area contributed by atoms with Crippen LogP contribution in [0.3, 0.4) is 0 Å². The molecule has 0 unspecified atom stereocenters. The fourth-order valence-electron chi connectivity index (χ4n) is 2.84. The van der Waals surface area contributed by atoms with E-state index in [1.165, 1.54) is 0 Å². The predicted molar refractivity (Wildman–Crippen MR) is 92.2 cm³/mol. The van der Waals surface area contributed by atoms with Gasteiger partial charge in [0.05, 0.1) is 25.2 Å². The number of hydrogen-bond donors (Lipinski definition) is 0. The number of rotatable bonds is 4. The topological polar surface area (TPSA) is 85.1 Å². The minimum absolute atomic E-state index is 0.521. The molecule has 0 atom stereocenters. The lowest BCUT2D eigenvalue weighted by molar-refractivity contribution is 0.395. The second-order valence-corrected chi connectivity index (χ2v) is 5.62. The maximum atomic E-state index is 5.15. The van der Waals surface area contributed by atoms with Crippen molar-refractivity contribution in [2.75, 3.05) is 43.1 Å². The summed E-state index contributed by atoms with van der Waals surface area (Å²) in [6.45, 7) is 3.21. The Balaban J connectivity index is 1.49. The Morgan fingerprint density at radius 2 is 1.72 bits per heavy atom. The summed E-state index contributed by atoms with van der Waals surface area (Å²) in [5, 5.41) is 12.2. The zero-order valence-electron chi connectivity index (χ0n) is 13.9. The van der Waals surface area contributed by atoms with Gasteiger partial charge in [0, 0.05) is 26.2 Å². The summed E-state index contributed by atoms with van der Waals surface area (Å²) in [7, 11) is 1.59. The second-order valence-electron chi connectivity index (χ2n) is 5.62. The molecule has 0 amide bonds. The lowest BCUT2D eigenvalue weighted by Gasteiger charge is -2.35. The molecule has 3 aromatic rings. The number of anilines is 2. The van der Waals surface area contributed by atoms with Crippen molar-refractivity contribution in [2.24, 2.45) is 0 Å². The first-order chi connectivity index (χ1) is 12.3. The molecule has 3 heterocycles. The minimum atomic E-state index is 0.521. The van der Waals surface area contributed by atoms with Crippen LogP contribution in [0.1, 0.15) is 0 Å². The zero-order valence-corrected chi connectivity index (χ0v) is 13.9. The SMILES string of the molecule is COc1cncc(N2CCN(c3nnnn3-c3ccccc3)CC2)n1. The Bertz CT molecular complexity index is 829. The highest BCUT2D eigenvalue weighted by molar-refractivity contribution is 5.44. The molecule has 2 aromatic heterocycles. The van der Waals surface area contributed by atoms with Gasteiger partial charge in [-0.05, 0) is 22.6 Å². The number of methoxy groups -OCH3 is 1. The van der Waals surface area contributed by atoms with E-state index in [0.29, 0.717) is 5.88 Å². The summed E-state index contributed by atoms with van der Waals surface area (Å²) in [4.78, 5) is 13.0. The van der Waals surface area contributed by atoms with Crippen molar-refractivity contribution in [1.82, 2.24) is 30.2 Å². The monoisotopic (exact) mass is 338 g/mol. The molecule has 1 aliphatic heterocycles. The van der Waals surface area contributed by atoms with Crippen molar-refractivity contribution in [3.63, 3.8) is 0 Å². The maximum Gasteiger partial charge on any atom is 0.250 e. The van der Waals surface area contributed by atoms with E-state index in [1.54, 1.807) is 24.2 Å². The molecule has 1 saturated heterocycles. The number of piperazine rings is 1. The first-order valence-electron chi connectivity index (χ1n) is 8.05. The predicted octanol–water partition coefficient (Wildman–Crippen LogP) is 0.787. The van der Waals surface area contributed by atoms with Crippen molar-refractivity contribution < 1.29 is 4.74 Å².